The smallest absolute Gasteiger partial charge is 0.314 e. The van der Waals surface area contributed by atoms with E-state index in [2.05, 4.69) is 22.5 Å². The molecule has 1 saturated heterocycles. The summed E-state index contributed by atoms with van der Waals surface area (Å²) in [5.74, 6) is 0.121. The van der Waals surface area contributed by atoms with Crippen molar-refractivity contribution >= 4 is 6.03 Å². The van der Waals surface area contributed by atoms with Gasteiger partial charge >= 0.3 is 6.03 Å². The Hall–Kier alpha value is -1.66. The highest BCUT2D eigenvalue weighted by Crippen LogP contribution is 2.20. The highest BCUT2D eigenvalue weighted by Gasteiger charge is 2.24. The second-order valence-electron chi connectivity index (χ2n) is 6.75. The van der Waals surface area contributed by atoms with Gasteiger partial charge in [-0.15, -0.1) is 0 Å². The Morgan fingerprint density at radius 2 is 2.08 bits per heavy atom. The van der Waals surface area contributed by atoms with E-state index >= 15 is 0 Å². The van der Waals surface area contributed by atoms with E-state index in [4.69, 9.17) is 0 Å². The van der Waals surface area contributed by atoms with E-state index in [-0.39, 0.29) is 18.4 Å². The number of carbonyl (C=O) groups excluding carboxylic acids is 1. The zero-order chi connectivity index (χ0) is 17.6. The van der Waals surface area contributed by atoms with Gasteiger partial charge in [0.05, 0.1) is 6.54 Å². The molecule has 5 nitrogen and oxygen atoms in total. The van der Waals surface area contributed by atoms with Crippen molar-refractivity contribution in [3.8, 4) is 0 Å². The van der Waals surface area contributed by atoms with Crippen LogP contribution >= 0.6 is 0 Å². The third-order valence-electron chi connectivity index (χ3n) is 4.66. The first-order chi connectivity index (χ1) is 11.4. The first-order valence-electron chi connectivity index (χ1n) is 8.63. The number of nitrogens with one attached hydrogen (secondary N) is 2. The van der Waals surface area contributed by atoms with Crippen LogP contribution in [-0.2, 0) is 5.60 Å². The second-order valence-corrected chi connectivity index (χ2v) is 6.75. The van der Waals surface area contributed by atoms with Crippen molar-refractivity contribution in [2.45, 2.75) is 32.3 Å². The van der Waals surface area contributed by atoms with Crippen LogP contribution in [0.5, 0.6) is 0 Å². The summed E-state index contributed by atoms with van der Waals surface area (Å²) in [6, 6.07) is 5.36. The van der Waals surface area contributed by atoms with Crippen LogP contribution in [0.2, 0.25) is 0 Å². The van der Waals surface area contributed by atoms with Crippen molar-refractivity contribution in [3.05, 3.63) is 35.6 Å². The van der Waals surface area contributed by atoms with Crippen LogP contribution in [0.3, 0.4) is 0 Å². The number of benzene rings is 1. The summed E-state index contributed by atoms with van der Waals surface area (Å²) in [6.45, 7) is 7.66. The van der Waals surface area contributed by atoms with Gasteiger partial charge in [-0.05, 0) is 56.5 Å². The molecule has 0 aliphatic carbocycles. The molecule has 2 amide bonds. The van der Waals surface area contributed by atoms with Crippen LogP contribution in [0.25, 0.3) is 0 Å². The number of urea groups is 1. The molecule has 1 aromatic rings. The highest BCUT2D eigenvalue weighted by molar-refractivity contribution is 5.73. The van der Waals surface area contributed by atoms with E-state index in [9.17, 15) is 14.3 Å². The summed E-state index contributed by atoms with van der Waals surface area (Å²) in [5, 5.41) is 16.0. The van der Waals surface area contributed by atoms with Gasteiger partial charge in [0.2, 0.25) is 0 Å². The van der Waals surface area contributed by atoms with E-state index < -0.39 is 5.60 Å². The molecule has 0 bridgehead atoms. The minimum Gasteiger partial charge on any atom is -0.384 e. The van der Waals surface area contributed by atoms with E-state index in [0.717, 1.165) is 26.1 Å². The van der Waals surface area contributed by atoms with Crippen LogP contribution < -0.4 is 10.6 Å². The van der Waals surface area contributed by atoms with Crippen molar-refractivity contribution in [1.82, 2.24) is 15.5 Å². The number of piperidine rings is 1. The fraction of sp³-hybridized carbons (Fsp3) is 0.611. The molecule has 6 heteroatoms. The van der Waals surface area contributed by atoms with Gasteiger partial charge < -0.3 is 20.6 Å². The van der Waals surface area contributed by atoms with Crippen molar-refractivity contribution < 1.29 is 14.3 Å². The van der Waals surface area contributed by atoms with Crippen molar-refractivity contribution in [2.24, 2.45) is 5.92 Å². The van der Waals surface area contributed by atoms with Crippen LogP contribution in [0.4, 0.5) is 9.18 Å². The molecule has 2 unspecified atom stereocenters. The average molecular weight is 337 g/mol. The third kappa shape index (κ3) is 5.46. The van der Waals surface area contributed by atoms with Crippen LogP contribution in [0, 0.1) is 11.7 Å². The molecule has 2 rings (SSSR count). The molecule has 2 atom stereocenters. The fourth-order valence-corrected chi connectivity index (χ4v) is 3.07. The van der Waals surface area contributed by atoms with Crippen LogP contribution in [0.15, 0.2) is 24.3 Å². The molecule has 0 saturated carbocycles. The largest absolute Gasteiger partial charge is 0.384 e. The number of likely N-dealkylation sites (tertiary alicyclic amines) is 1. The number of rotatable bonds is 6. The number of aliphatic hydroxyl groups is 1. The molecule has 3 N–H and O–H groups in total. The summed E-state index contributed by atoms with van der Waals surface area (Å²) in [5.41, 5.74) is -0.676. The number of nitrogens with zero attached hydrogens (tertiary/aromatic N) is 1. The molecule has 0 spiro atoms. The molecular formula is C18H28FN3O2. The Kier molecular flexibility index (Phi) is 6.57. The van der Waals surface area contributed by atoms with E-state index in [1.165, 1.54) is 30.7 Å². The molecule has 0 aromatic heterocycles. The van der Waals surface area contributed by atoms with Gasteiger partial charge in [-0.3, -0.25) is 0 Å². The van der Waals surface area contributed by atoms with Crippen LogP contribution in [-0.4, -0.2) is 48.8 Å². The number of amides is 2. The van der Waals surface area contributed by atoms with Gasteiger partial charge in [-0.25, -0.2) is 9.18 Å². The number of halogens is 1. The molecule has 1 aliphatic heterocycles. The first-order valence-corrected chi connectivity index (χ1v) is 8.63. The van der Waals surface area contributed by atoms with Gasteiger partial charge in [0.1, 0.15) is 11.4 Å². The topological polar surface area (TPSA) is 64.6 Å². The number of hydrogen-bond donors (Lipinski definition) is 3. The van der Waals surface area contributed by atoms with Crippen molar-refractivity contribution in [2.75, 3.05) is 32.7 Å². The predicted molar refractivity (Wildman–Crippen MR) is 92.2 cm³/mol. The Morgan fingerprint density at radius 3 is 2.75 bits per heavy atom. The lowest BCUT2D eigenvalue weighted by molar-refractivity contribution is 0.0592. The monoisotopic (exact) mass is 337 g/mol. The SMILES string of the molecule is CCN1CCCC(CNC(=O)NCC(C)(O)c2ccc(F)cc2)C1. The fourth-order valence-electron chi connectivity index (χ4n) is 3.07. The third-order valence-corrected chi connectivity index (χ3v) is 4.66. The summed E-state index contributed by atoms with van der Waals surface area (Å²) in [4.78, 5) is 14.4. The molecule has 1 aromatic carbocycles. The zero-order valence-corrected chi connectivity index (χ0v) is 14.5. The maximum atomic E-state index is 13.0. The Bertz CT molecular complexity index is 534. The predicted octanol–water partition coefficient (Wildman–Crippen LogP) is 2.06. The minimum absolute atomic E-state index is 0.0657. The van der Waals surface area contributed by atoms with Gasteiger partial charge in [-0.1, -0.05) is 19.1 Å². The quantitative estimate of drug-likeness (QED) is 0.744. The van der Waals surface area contributed by atoms with Gasteiger partial charge in [0.15, 0.2) is 0 Å². The second kappa shape index (κ2) is 8.44. The Labute approximate surface area is 143 Å². The molecule has 134 valence electrons. The highest BCUT2D eigenvalue weighted by atomic mass is 19.1. The van der Waals surface area contributed by atoms with Crippen molar-refractivity contribution in [1.29, 1.82) is 0 Å². The molecule has 0 radical (unpaired) electrons. The maximum absolute atomic E-state index is 13.0. The van der Waals surface area contributed by atoms with E-state index in [1.807, 2.05) is 0 Å². The maximum Gasteiger partial charge on any atom is 0.314 e. The number of hydrogen-bond acceptors (Lipinski definition) is 3. The molecular weight excluding hydrogens is 309 g/mol. The Balaban J connectivity index is 1.75. The lowest BCUT2D eigenvalue weighted by Gasteiger charge is -2.32. The van der Waals surface area contributed by atoms with Gasteiger partial charge in [-0.2, -0.15) is 0 Å². The van der Waals surface area contributed by atoms with Crippen LogP contribution in [0.1, 0.15) is 32.3 Å². The standard InChI is InChI=1S/C18H28FN3O2/c1-3-22-10-4-5-14(12-22)11-20-17(23)21-13-18(2,24)15-6-8-16(19)9-7-15/h6-9,14,24H,3-5,10-13H2,1-2H3,(H2,20,21,23). The van der Waals surface area contributed by atoms with E-state index in [0.29, 0.717) is 18.0 Å². The normalized spacial score (nSPS) is 21.1. The summed E-state index contributed by atoms with van der Waals surface area (Å²) in [7, 11) is 0. The summed E-state index contributed by atoms with van der Waals surface area (Å²) in [6.07, 6.45) is 2.30. The minimum atomic E-state index is -1.24. The first kappa shape index (κ1) is 18.7. The molecule has 24 heavy (non-hydrogen) atoms. The summed E-state index contributed by atoms with van der Waals surface area (Å²) < 4.78 is 13.0. The van der Waals surface area contributed by atoms with Gasteiger partial charge in [0, 0.05) is 13.1 Å². The lowest BCUT2D eigenvalue weighted by Crippen LogP contribution is -2.46. The number of carbonyl (C=O) groups is 1. The molecule has 1 aliphatic rings. The summed E-state index contributed by atoms with van der Waals surface area (Å²) >= 11 is 0. The van der Waals surface area contributed by atoms with Crippen molar-refractivity contribution in [3.63, 3.8) is 0 Å². The van der Waals surface area contributed by atoms with Gasteiger partial charge in [0.25, 0.3) is 0 Å². The van der Waals surface area contributed by atoms with E-state index in [1.54, 1.807) is 6.92 Å². The Morgan fingerprint density at radius 1 is 1.38 bits per heavy atom. The average Bonchev–Trinajstić information content (AvgIpc) is 2.59. The lowest BCUT2D eigenvalue weighted by atomic mass is 9.96. The molecule has 1 heterocycles. The zero-order valence-electron chi connectivity index (χ0n) is 14.5. The molecule has 1 fully saturated rings.